The average Bonchev–Trinajstić information content (AvgIpc) is 3.21. The van der Waals surface area contributed by atoms with Crippen LogP contribution in [0.2, 0.25) is 78.6 Å². The summed E-state index contributed by atoms with van der Waals surface area (Å²) in [5, 5.41) is 10.9. The Labute approximate surface area is 274 Å². The van der Waals surface area contributed by atoms with Crippen molar-refractivity contribution in [3.8, 4) is 0 Å². The van der Waals surface area contributed by atoms with Gasteiger partial charge in [0.15, 0.2) is 0 Å². The topological polar surface area (TPSA) is 37.7 Å². The molecule has 3 rings (SSSR count). The standard InChI is InChI=1S/C20H26N4.2C6H18NSi2.Sn/c1-5-15-11-9-12-16(6-2)19(15)21-23-24-22-20-17(7-3)13-10-14-18(20)8-4;2*1-8(2,3)7-9(4,5)6;/h9-14H,5-8H2,1-4H3;2*1-6H3;/q-2;2*-1;+4. The van der Waals surface area contributed by atoms with Crippen LogP contribution in [0, 0.1) is 0 Å². The Kier molecular flexibility index (Phi) is 11.2. The van der Waals surface area contributed by atoms with Crippen molar-refractivity contribution in [1.29, 1.82) is 0 Å². The van der Waals surface area contributed by atoms with Crippen LogP contribution in [0.4, 0.5) is 11.4 Å². The molecule has 240 valence electrons. The van der Waals surface area contributed by atoms with Crippen LogP contribution >= 0.6 is 0 Å². The second-order valence-corrected chi connectivity index (χ2v) is 49.6. The predicted octanol–water partition coefficient (Wildman–Crippen LogP) is 9.92. The Morgan fingerprint density at radius 2 is 0.721 bits per heavy atom. The van der Waals surface area contributed by atoms with E-state index in [4.69, 9.17) is 10.4 Å². The quantitative estimate of drug-likeness (QED) is 0.202. The van der Waals surface area contributed by atoms with Crippen molar-refractivity contribution in [2.24, 2.45) is 10.4 Å². The first-order valence-corrected chi connectivity index (χ1v) is 35.5. The molecule has 11 heteroatoms. The number of hydrogen-bond acceptors (Lipinski definition) is 6. The summed E-state index contributed by atoms with van der Waals surface area (Å²) in [6.07, 6.45) is 3.96. The molecule has 0 unspecified atom stereocenters. The molecular formula is C32H62N6Si4Sn. The van der Waals surface area contributed by atoms with Crippen molar-refractivity contribution in [3.05, 3.63) is 58.7 Å². The summed E-state index contributed by atoms with van der Waals surface area (Å²) in [6.45, 7) is 40.5. The molecule has 1 aliphatic heterocycles. The Balaban J connectivity index is 2.76. The zero-order valence-corrected chi connectivity index (χ0v) is 37.3. The summed E-state index contributed by atoms with van der Waals surface area (Å²) in [4.78, 5) is 0. The van der Waals surface area contributed by atoms with Crippen LogP contribution in [0.15, 0.2) is 46.8 Å². The molecule has 0 spiro atoms. The van der Waals surface area contributed by atoms with E-state index in [2.05, 4.69) is 154 Å². The van der Waals surface area contributed by atoms with E-state index in [1.54, 1.807) is 0 Å². The van der Waals surface area contributed by atoms with Crippen LogP contribution in [-0.4, -0.2) is 57.3 Å². The molecule has 1 heterocycles. The third-order valence-electron chi connectivity index (χ3n) is 8.42. The van der Waals surface area contributed by atoms with Gasteiger partial charge in [0, 0.05) is 0 Å². The van der Waals surface area contributed by atoms with Crippen LogP contribution in [0.25, 0.3) is 0 Å². The molecule has 0 N–H and O–H groups in total. The number of nitrogens with zero attached hydrogens (tertiary/aromatic N) is 6. The number of rotatable bonds is 12. The van der Waals surface area contributed by atoms with E-state index in [-0.39, 0.29) is 0 Å². The number of aryl methyl sites for hydroxylation is 4. The molecule has 2 aromatic rings. The van der Waals surface area contributed by atoms with E-state index in [9.17, 15) is 0 Å². The van der Waals surface area contributed by atoms with E-state index in [0.717, 1.165) is 25.7 Å². The van der Waals surface area contributed by atoms with Crippen LogP contribution in [0.5, 0.6) is 0 Å². The third-order valence-corrected chi connectivity index (χ3v) is 61.3. The third kappa shape index (κ3) is 6.85. The first-order chi connectivity index (χ1) is 19.7. The number of para-hydroxylation sites is 2. The van der Waals surface area contributed by atoms with Gasteiger partial charge in [0.1, 0.15) is 0 Å². The minimum atomic E-state index is -4.36. The van der Waals surface area contributed by atoms with Crippen molar-refractivity contribution < 1.29 is 0 Å². The van der Waals surface area contributed by atoms with Gasteiger partial charge in [-0.2, -0.15) is 0 Å². The first-order valence-electron chi connectivity index (χ1n) is 16.6. The molecule has 0 amide bonds. The number of benzene rings is 2. The van der Waals surface area contributed by atoms with Gasteiger partial charge in [-0.1, -0.05) is 0 Å². The monoisotopic (exact) mass is 762 g/mol. The summed E-state index contributed by atoms with van der Waals surface area (Å²) < 4.78 is 11.8. The van der Waals surface area contributed by atoms with Gasteiger partial charge in [0.2, 0.25) is 0 Å². The van der Waals surface area contributed by atoms with Gasteiger partial charge in [-0.05, 0) is 0 Å². The van der Waals surface area contributed by atoms with E-state index >= 15 is 0 Å². The molecule has 0 aliphatic carbocycles. The molecule has 0 saturated carbocycles. The van der Waals surface area contributed by atoms with Crippen LogP contribution in [0.3, 0.4) is 0 Å². The van der Waals surface area contributed by atoms with Crippen molar-refractivity contribution in [3.63, 3.8) is 0 Å². The summed E-state index contributed by atoms with van der Waals surface area (Å²) in [5.74, 6) is 0. The van der Waals surface area contributed by atoms with Crippen LogP contribution < -0.4 is 6.46 Å². The van der Waals surface area contributed by atoms with E-state index in [1.807, 2.05) is 0 Å². The van der Waals surface area contributed by atoms with Gasteiger partial charge in [-0.3, -0.25) is 0 Å². The fraction of sp³-hybridized carbons (Fsp3) is 0.625. The average molecular weight is 762 g/mol. The van der Waals surface area contributed by atoms with Gasteiger partial charge in [-0.25, -0.2) is 0 Å². The predicted molar refractivity (Wildman–Crippen MR) is 203 cm³/mol. The summed E-state index contributed by atoms with van der Waals surface area (Å²) in [7, 11) is -7.81. The van der Waals surface area contributed by atoms with Crippen molar-refractivity contribution >= 4 is 63.8 Å². The summed E-state index contributed by atoms with van der Waals surface area (Å²) >= 11 is -4.36. The van der Waals surface area contributed by atoms with Gasteiger partial charge >= 0.3 is 276 Å². The van der Waals surface area contributed by atoms with E-state index in [1.165, 1.54) is 33.6 Å². The number of hydrogen-bond donors (Lipinski definition) is 0. The molecule has 0 aromatic heterocycles. The molecule has 0 radical (unpaired) electrons. The van der Waals surface area contributed by atoms with Crippen molar-refractivity contribution in [2.75, 3.05) is 6.46 Å². The Morgan fingerprint density at radius 3 is 0.907 bits per heavy atom. The zero-order valence-electron chi connectivity index (χ0n) is 30.5. The number of anilines is 2. The molecule has 0 atom stereocenters. The summed E-state index contributed by atoms with van der Waals surface area (Å²) in [5.41, 5.74) is 8.31. The molecule has 1 aliphatic rings. The Bertz CT molecular complexity index is 1130. The maximum atomic E-state index is 5.46. The van der Waals surface area contributed by atoms with E-state index in [0.29, 0.717) is 0 Å². The fourth-order valence-electron chi connectivity index (χ4n) is 7.94. The fourth-order valence-corrected chi connectivity index (χ4v) is 76.4. The Hall–Kier alpha value is -0.774. The maximum absolute atomic E-state index is 5.46. The first kappa shape index (κ1) is 36.7. The zero-order chi connectivity index (χ0) is 32.8. The van der Waals surface area contributed by atoms with Crippen LogP contribution in [-0.2, 0) is 25.7 Å². The molecular weight excluding hydrogens is 699 g/mol. The minimum absolute atomic E-state index is 0.989. The van der Waals surface area contributed by atoms with Gasteiger partial charge < -0.3 is 0 Å². The van der Waals surface area contributed by atoms with Gasteiger partial charge in [0.25, 0.3) is 0 Å². The molecule has 0 saturated heterocycles. The SMILES string of the molecule is CCc1cccc(CC)c1[N]1N=N[N](c2c(CC)cccc2CC)[Sn]1([N]([Si](C)(C)C)[Si](C)(C)C)[N]([Si](C)(C)C)[Si](C)(C)C. The normalized spacial score (nSPS) is 16.2. The molecule has 2 aromatic carbocycles. The van der Waals surface area contributed by atoms with Crippen LogP contribution in [0.1, 0.15) is 49.9 Å². The second-order valence-electron chi connectivity index (χ2n) is 16.0. The molecule has 0 fully saturated rings. The summed E-state index contributed by atoms with van der Waals surface area (Å²) in [6, 6.07) is 13.9. The second kappa shape index (κ2) is 13.1. The Morgan fingerprint density at radius 1 is 0.488 bits per heavy atom. The van der Waals surface area contributed by atoms with E-state index < -0.39 is 52.4 Å². The van der Waals surface area contributed by atoms with Gasteiger partial charge in [-0.15, -0.1) is 0 Å². The molecule has 0 bridgehead atoms. The van der Waals surface area contributed by atoms with Crippen molar-refractivity contribution in [1.82, 2.24) is 4.91 Å². The molecule has 43 heavy (non-hydrogen) atoms. The molecule has 6 nitrogen and oxygen atoms in total. The van der Waals surface area contributed by atoms with Crippen molar-refractivity contribution in [2.45, 2.75) is 132 Å². The van der Waals surface area contributed by atoms with Gasteiger partial charge in [0.05, 0.1) is 0 Å².